The van der Waals surface area contributed by atoms with E-state index in [1.165, 1.54) is 12.7 Å². The number of carbonyl (C=O) groups excluding carboxylic acids is 1. The molecular weight excluding hydrogens is 184 g/mol. The van der Waals surface area contributed by atoms with Gasteiger partial charge in [-0.15, -0.1) is 0 Å². The first-order valence-corrected chi connectivity index (χ1v) is 5.33. The molecule has 0 radical (unpaired) electrons. The van der Waals surface area contributed by atoms with E-state index in [9.17, 15) is 4.79 Å². The van der Waals surface area contributed by atoms with Gasteiger partial charge in [0.25, 0.3) is 0 Å². The van der Waals surface area contributed by atoms with E-state index < -0.39 is 0 Å². The second-order valence-corrected chi connectivity index (χ2v) is 3.49. The highest BCUT2D eigenvalue weighted by Gasteiger charge is 2.03. The predicted molar refractivity (Wildman–Crippen MR) is 55.0 cm³/mol. The number of esters is 1. The quantitative estimate of drug-likeness (QED) is 0.694. The van der Waals surface area contributed by atoms with Crippen LogP contribution in [0.1, 0.15) is 15.9 Å². The molecule has 13 heavy (non-hydrogen) atoms. The molecule has 0 saturated heterocycles. The molecule has 0 heterocycles. The van der Waals surface area contributed by atoms with Gasteiger partial charge in [-0.3, -0.25) is 0 Å². The summed E-state index contributed by atoms with van der Waals surface area (Å²) in [4.78, 5) is 11.1. The Balaban J connectivity index is 2.75. The zero-order chi connectivity index (χ0) is 9.68. The van der Waals surface area contributed by atoms with Crippen LogP contribution in [0.3, 0.4) is 0 Å². The molecule has 0 aromatic heterocycles. The number of methoxy groups -OCH3 is 1. The smallest absolute Gasteiger partial charge is 0.337 e. The van der Waals surface area contributed by atoms with Crippen molar-refractivity contribution in [1.82, 2.24) is 0 Å². The van der Waals surface area contributed by atoms with Gasteiger partial charge in [0.2, 0.25) is 0 Å². The minimum atomic E-state index is -0.282. The predicted octanol–water partition coefficient (Wildman–Crippen LogP) is 2.34. The molecule has 0 saturated carbocycles. The summed E-state index contributed by atoms with van der Waals surface area (Å²) in [6.45, 7) is 0. The Hall–Kier alpha value is -0.960. The van der Waals surface area contributed by atoms with Gasteiger partial charge < -0.3 is 4.74 Å². The number of hydrogen-bond acceptors (Lipinski definition) is 3. The molecule has 0 amide bonds. The third-order valence-corrected chi connectivity index (χ3v) is 2.31. The van der Waals surface area contributed by atoms with Gasteiger partial charge in [-0.25, -0.2) is 4.79 Å². The van der Waals surface area contributed by atoms with E-state index in [4.69, 9.17) is 0 Å². The largest absolute Gasteiger partial charge is 0.465 e. The van der Waals surface area contributed by atoms with Crippen molar-refractivity contribution in [1.29, 1.82) is 0 Å². The molecule has 0 fully saturated rings. The molecule has 1 aromatic carbocycles. The number of hydrogen-bond donors (Lipinski definition) is 0. The maximum absolute atomic E-state index is 11.1. The first kappa shape index (κ1) is 10.1. The maximum atomic E-state index is 11.1. The van der Waals surface area contributed by atoms with Crippen LogP contribution in [-0.4, -0.2) is 19.3 Å². The van der Waals surface area contributed by atoms with E-state index in [-0.39, 0.29) is 5.97 Å². The Kier molecular flexibility index (Phi) is 3.83. The third kappa shape index (κ3) is 2.77. The molecule has 0 spiro atoms. The molecule has 2 nitrogen and oxygen atoms in total. The van der Waals surface area contributed by atoms with E-state index in [0.717, 1.165) is 5.75 Å². The number of thioether (sulfide) groups is 1. The first-order valence-electron chi connectivity index (χ1n) is 3.94. The molecule has 0 atom stereocenters. The van der Waals surface area contributed by atoms with Crippen LogP contribution in [0.2, 0.25) is 0 Å². The van der Waals surface area contributed by atoms with Gasteiger partial charge in [0.15, 0.2) is 0 Å². The van der Waals surface area contributed by atoms with E-state index in [0.29, 0.717) is 5.56 Å². The third-order valence-electron chi connectivity index (χ3n) is 1.69. The van der Waals surface area contributed by atoms with E-state index in [1.54, 1.807) is 23.9 Å². The van der Waals surface area contributed by atoms with Gasteiger partial charge in [0.1, 0.15) is 0 Å². The van der Waals surface area contributed by atoms with Crippen molar-refractivity contribution in [2.75, 3.05) is 13.4 Å². The Labute approximate surface area is 82.3 Å². The molecular formula is C10H12O2S. The molecule has 0 aliphatic rings. The van der Waals surface area contributed by atoms with Gasteiger partial charge in [-0.2, -0.15) is 11.8 Å². The lowest BCUT2D eigenvalue weighted by atomic mass is 10.1. The van der Waals surface area contributed by atoms with Crippen LogP contribution < -0.4 is 0 Å². The summed E-state index contributed by atoms with van der Waals surface area (Å²) in [7, 11) is 1.39. The standard InChI is InChI=1S/C10H12O2S/c1-12-10(11)9-5-3-8(4-6-9)7-13-2/h3-6H,7H2,1-2H3. The summed E-state index contributed by atoms with van der Waals surface area (Å²) >= 11 is 1.76. The van der Waals surface area contributed by atoms with Crippen LogP contribution in [0.15, 0.2) is 24.3 Å². The Morgan fingerprint density at radius 3 is 2.46 bits per heavy atom. The van der Waals surface area contributed by atoms with Crippen LogP contribution in [0.4, 0.5) is 0 Å². The van der Waals surface area contributed by atoms with Crippen molar-refractivity contribution in [3.63, 3.8) is 0 Å². The summed E-state index contributed by atoms with van der Waals surface area (Å²) in [6, 6.07) is 7.47. The van der Waals surface area contributed by atoms with Crippen molar-refractivity contribution in [2.45, 2.75) is 5.75 Å². The van der Waals surface area contributed by atoms with Crippen LogP contribution in [-0.2, 0) is 10.5 Å². The highest BCUT2D eigenvalue weighted by atomic mass is 32.2. The van der Waals surface area contributed by atoms with Gasteiger partial charge in [-0.1, -0.05) is 12.1 Å². The van der Waals surface area contributed by atoms with Crippen molar-refractivity contribution in [3.05, 3.63) is 35.4 Å². The van der Waals surface area contributed by atoms with Gasteiger partial charge in [-0.05, 0) is 24.0 Å². The fourth-order valence-electron chi connectivity index (χ4n) is 1.02. The van der Waals surface area contributed by atoms with Gasteiger partial charge in [0, 0.05) is 5.75 Å². The van der Waals surface area contributed by atoms with Crippen molar-refractivity contribution >= 4 is 17.7 Å². The molecule has 70 valence electrons. The van der Waals surface area contributed by atoms with Crippen LogP contribution >= 0.6 is 11.8 Å². The van der Waals surface area contributed by atoms with Gasteiger partial charge >= 0.3 is 5.97 Å². The van der Waals surface area contributed by atoms with Crippen molar-refractivity contribution < 1.29 is 9.53 Å². The van der Waals surface area contributed by atoms with Crippen molar-refractivity contribution in [2.24, 2.45) is 0 Å². The molecule has 3 heteroatoms. The average molecular weight is 196 g/mol. The Morgan fingerprint density at radius 1 is 1.38 bits per heavy atom. The maximum Gasteiger partial charge on any atom is 0.337 e. The van der Waals surface area contributed by atoms with Crippen molar-refractivity contribution in [3.8, 4) is 0 Å². The number of carbonyl (C=O) groups is 1. The first-order chi connectivity index (χ1) is 6.27. The minimum absolute atomic E-state index is 0.282. The van der Waals surface area contributed by atoms with Crippen LogP contribution in [0, 0.1) is 0 Å². The highest BCUT2D eigenvalue weighted by Crippen LogP contribution is 2.10. The minimum Gasteiger partial charge on any atom is -0.465 e. The molecule has 1 aromatic rings. The van der Waals surface area contributed by atoms with Crippen LogP contribution in [0.25, 0.3) is 0 Å². The molecule has 0 N–H and O–H groups in total. The van der Waals surface area contributed by atoms with Crippen LogP contribution in [0.5, 0.6) is 0 Å². The topological polar surface area (TPSA) is 26.3 Å². The zero-order valence-corrected chi connectivity index (χ0v) is 8.56. The normalized spacial score (nSPS) is 9.69. The Morgan fingerprint density at radius 2 is 2.00 bits per heavy atom. The molecule has 0 unspecified atom stereocenters. The zero-order valence-electron chi connectivity index (χ0n) is 7.74. The number of benzene rings is 1. The monoisotopic (exact) mass is 196 g/mol. The lowest BCUT2D eigenvalue weighted by Crippen LogP contribution is -2.00. The average Bonchev–Trinajstić information content (AvgIpc) is 2.18. The summed E-state index contributed by atoms with van der Waals surface area (Å²) < 4.78 is 4.59. The van der Waals surface area contributed by atoms with E-state index in [2.05, 4.69) is 4.74 Å². The highest BCUT2D eigenvalue weighted by molar-refractivity contribution is 7.97. The summed E-state index contributed by atoms with van der Waals surface area (Å²) in [5.74, 6) is 0.692. The number of rotatable bonds is 3. The number of ether oxygens (including phenoxy) is 1. The second kappa shape index (κ2) is 4.92. The fraction of sp³-hybridized carbons (Fsp3) is 0.300. The van der Waals surface area contributed by atoms with E-state index >= 15 is 0 Å². The molecule has 0 aliphatic heterocycles. The lowest BCUT2D eigenvalue weighted by molar-refractivity contribution is 0.0601. The molecule has 0 aliphatic carbocycles. The molecule has 0 bridgehead atoms. The lowest BCUT2D eigenvalue weighted by Gasteiger charge is -2.00. The Bertz CT molecular complexity index is 279. The van der Waals surface area contributed by atoms with Gasteiger partial charge in [0.05, 0.1) is 12.7 Å². The summed E-state index contributed by atoms with van der Waals surface area (Å²) in [5, 5.41) is 0. The second-order valence-electron chi connectivity index (χ2n) is 2.62. The summed E-state index contributed by atoms with van der Waals surface area (Å²) in [5.41, 5.74) is 1.83. The molecule has 1 rings (SSSR count). The summed E-state index contributed by atoms with van der Waals surface area (Å²) in [6.07, 6.45) is 2.05. The van der Waals surface area contributed by atoms with E-state index in [1.807, 2.05) is 18.4 Å². The SMILES string of the molecule is COC(=O)c1ccc(CSC)cc1. The fourth-order valence-corrected chi connectivity index (χ4v) is 1.55.